The quantitative estimate of drug-likeness (QED) is 0.834. The number of halogens is 1. The second kappa shape index (κ2) is 7.36. The number of carbonyl (C=O) groups is 2. The summed E-state index contributed by atoms with van der Waals surface area (Å²) in [6.45, 7) is 2.21. The first-order chi connectivity index (χ1) is 10.5. The lowest BCUT2D eigenvalue weighted by Gasteiger charge is -2.07. The van der Waals surface area contributed by atoms with Crippen LogP contribution in [0.2, 0.25) is 0 Å². The Labute approximate surface area is 128 Å². The van der Waals surface area contributed by atoms with Crippen LogP contribution in [0.1, 0.15) is 17.5 Å². The topological polar surface area (TPSA) is 58.2 Å². The van der Waals surface area contributed by atoms with Gasteiger partial charge in [-0.3, -0.25) is 9.59 Å². The number of hydrogen-bond acceptors (Lipinski definition) is 2. The minimum absolute atomic E-state index is 0.255. The summed E-state index contributed by atoms with van der Waals surface area (Å²) < 4.78 is 12.7. The van der Waals surface area contributed by atoms with E-state index in [0.717, 1.165) is 11.1 Å². The molecule has 5 heteroatoms. The van der Waals surface area contributed by atoms with E-state index in [0.29, 0.717) is 5.69 Å². The molecule has 114 valence electrons. The summed E-state index contributed by atoms with van der Waals surface area (Å²) in [7, 11) is 0. The normalized spacial score (nSPS) is 10.1. The van der Waals surface area contributed by atoms with Crippen LogP contribution in [0.4, 0.5) is 10.1 Å². The van der Waals surface area contributed by atoms with Crippen molar-refractivity contribution in [3.05, 3.63) is 65.5 Å². The monoisotopic (exact) mass is 300 g/mol. The molecule has 0 aliphatic rings. The lowest BCUT2D eigenvalue weighted by molar-refractivity contribution is -0.126. The van der Waals surface area contributed by atoms with Crippen LogP contribution < -0.4 is 10.6 Å². The van der Waals surface area contributed by atoms with Crippen molar-refractivity contribution in [3.63, 3.8) is 0 Å². The van der Waals surface area contributed by atoms with Gasteiger partial charge < -0.3 is 10.6 Å². The maximum atomic E-state index is 12.7. The number of aryl methyl sites for hydroxylation is 1. The number of carbonyl (C=O) groups excluding carboxylic acids is 2. The Morgan fingerprint density at radius 1 is 0.955 bits per heavy atom. The largest absolute Gasteiger partial charge is 0.352 e. The van der Waals surface area contributed by atoms with E-state index >= 15 is 0 Å². The highest BCUT2D eigenvalue weighted by molar-refractivity contribution is 6.03. The molecule has 0 atom stereocenters. The summed E-state index contributed by atoms with van der Waals surface area (Å²) in [5.41, 5.74) is 2.52. The number of anilines is 1. The standard InChI is InChI=1S/C17H17FN2O2/c1-12-2-8-15(9-3-12)20-17(22)10-16(21)19-11-13-4-6-14(18)7-5-13/h2-9H,10-11H2,1H3,(H,19,21)(H,20,22). The summed E-state index contributed by atoms with van der Waals surface area (Å²) in [5.74, 6) is -1.08. The Balaban J connectivity index is 1.77. The first kappa shape index (κ1) is 15.7. The first-order valence-corrected chi connectivity index (χ1v) is 6.90. The van der Waals surface area contributed by atoms with Gasteiger partial charge in [-0.05, 0) is 36.8 Å². The van der Waals surface area contributed by atoms with Crippen LogP contribution in [0.3, 0.4) is 0 Å². The van der Waals surface area contributed by atoms with Crippen LogP contribution in [0.5, 0.6) is 0 Å². The van der Waals surface area contributed by atoms with E-state index in [-0.39, 0.29) is 30.6 Å². The zero-order valence-corrected chi connectivity index (χ0v) is 12.2. The molecule has 0 aromatic heterocycles. The van der Waals surface area contributed by atoms with Crippen LogP contribution in [0.25, 0.3) is 0 Å². The molecule has 2 rings (SSSR count). The fraction of sp³-hybridized carbons (Fsp3) is 0.176. The molecule has 0 unspecified atom stereocenters. The Bertz CT molecular complexity index is 651. The van der Waals surface area contributed by atoms with Crippen LogP contribution in [-0.4, -0.2) is 11.8 Å². The molecule has 0 saturated carbocycles. The third kappa shape index (κ3) is 5.01. The third-order valence-electron chi connectivity index (χ3n) is 3.06. The third-order valence-corrected chi connectivity index (χ3v) is 3.06. The van der Waals surface area contributed by atoms with Crippen molar-refractivity contribution < 1.29 is 14.0 Å². The number of hydrogen-bond donors (Lipinski definition) is 2. The number of nitrogens with one attached hydrogen (secondary N) is 2. The highest BCUT2D eigenvalue weighted by Gasteiger charge is 2.09. The molecule has 22 heavy (non-hydrogen) atoms. The smallest absolute Gasteiger partial charge is 0.233 e. The molecule has 0 radical (unpaired) electrons. The molecule has 0 bridgehead atoms. The lowest BCUT2D eigenvalue weighted by atomic mass is 10.2. The van der Waals surface area contributed by atoms with Gasteiger partial charge in [0.25, 0.3) is 0 Å². The van der Waals surface area contributed by atoms with Crippen molar-refractivity contribution in [2.45, 2.75) is 19.9 Å². The fourth-order valence-corrected chi connectivity index (χ4v) is 1.85. The van der Waals surface area contributed by atoms with E-state index in [2.05, 4.69) is 10.6 Å². The molecular weight excluding hydrogens is 283 g/mol. The maximum absolute atomic E-state index is 12.7. The van der Waals surface area contributed by atoms with Gasteiger partial charge in [0.2, 0.25) is 11.8 Å². The summed E-state index contributed by atoms with van der Waals surface area (Å²) in [6.07, 6.45) is -0.255. The van der Waals surface area contributed by atoms with Gasteiger partial charge >= 0.3 is 0 Å². The van der Waals surface area contributed by atoms with Gasteiger partial charge in [0.05, 0.1) is 0 Å². The summed E-state index contributed by atoms with van der Waals surface area (Å²) in [6, 6.07) is 13.1. The van der Waals surface area contributed by atoms with Gasteiger partial charge in [0.1, 0.15) is 12.2 Å². The highest BCUT2D eigenvalue weighted by Crippen LogP contribution is 2.09. The van der Waals surface area contributed by atoms with Crippen LogP contribution >= 0.6 is 0 Å². The molecule has 0 fully saturated rings. The van der Waals surface area contributed by atoms with Crippen molar-refractivity contribution in [1.29, 1.82) is 0 Å². The van der Waals surface area contributed by atoms with Gasteiger partial charge in [0, 0.05) is 12.2 Å². The van der Waals surface area contributed by atoms with Gasteiger partial charge in [-0.15, -0.1) is 0 Å². The molecule has 2 aromatic rings. The molecule has 0 aliphatic carbocycles. The number of amides is 2. The van der Waals surface area contributed by atoms with E-state index in [1.807, 2.05) is 19.1 Å². The molecule has 0 saturated heterocycles. The molecule has 4 nitrogen and oxygen atoms in total. The maximum Gasteiger partial charge on any atom is 0.233 e. The van der Waals surface area contributed by atoms with E-state index in [4.69, 9.17) is 0 Å². The number of rotatable bonds is 5. The highest BCUT2D eigenvalue weighted by atomic mass is 19.1. The van der Waals surface area contributed by atoms with Gasteiger partial charge in [0.15, 0.2) is 0 Å². The second-order valence-corrected chi connectivity index (χ2v) is 4.99. The molecule has 2 aromatic carbocycles. The Morgan fingerprint density at radius 3 is 2.23 bits per heavy atom. The van der Waals surface area contributed by atoms with Gasteiger partial charge in [-0.2, -0.15) is 0 Å². The van der Waals surface area contributed by atoms with Crippen LogP contribution in [-0.2, 0) is 16.1 Å². The van der Waals surface area contributed by atoms with E-state index in [1.165, 1.54) is 12.1 Å². The van der Waals surface area contributed by atoms with Crippen molar-refractivity contribution in [3.8, 4) is 0 Å². The van der Waals surface area contributed by atoms with Crippen molar-refractivity contribution in [2.75, 3.05) is 5.32 Å². The summed E-state index contributed by atoms with van der Waals surface area (Å²) >= 11 is 0. The fourth-order valence-electron chi connectivity index (χ4n) is 1.85. The molecule has 0 spiro atoms. The molecule has 0 heterocycles. The minimum atomic E-state index is -0.381. The Kier molecular flexibility index (Phi) is 5.25. The zero-order chi connectivity index (χ0) is 15.9. The molecular formula is C17H17FN2O2. The molecule has 2 amide bonds. The average molecular weight is 300 g/mol. The molecule has 2 N–H and O–H groups in total. The summed E-state index contributed by atoms with van der Waals surface area (Å²) in [4.78, 5) is 23.4. The average Bonchev–Trinajstić information content (AvgIpc) is 2.49. The Morgan fingerprint density at radius 2 is 1.59 bits per heavy atom. The van der Waals surface area contributed by atoms with Crippen molar-refractivity contribution in [2.24, 2.45) is 0 Å². The van der Waals surface area contributed by atoms with Crippen molar-refractivity contribution in [1.82, 2.24) is 5.32 Å². The second-order valence-electron chi connectivity index (χ2n) is 4.99. The minimum Gasteiger partial charge on any atom is -0.352 e. The van der Waals surface area contributed by atoms with Gasteiger partial charge in [-0.25, -0.2) is 4.39 Å². The zero-order valence-electron chi connectivity index (χ0n) is 12.2. The van der Waals surface area contributed by atoms with E-state index in [9.17, 15) is 14.0 Å². The first-order valence-electron chi connectivity index (χ1n) is 6.90. The SMILES string of the molecule is Cc1ccc(NC(=O)CC(=O)NCc2ccc(F)cc2)cc1. The Hall–Kier alpha value is -2.69. The summed E-state index contributed by atoms with van der Waals surface area (Å²) in [5, 5.41) is 5.28. The van der Waals surface area contributed by atoms with E-state index in [1.54, 1.807) is 24.3 Å². The van der Waals surface area contributed by atoms with E-state index < -0.39 is 0 Å². The predicted molar refractivity (Wildman–Crippen MR) is 82.7 cm³/mol. The molecule has 0 aliphatic heterocycles. The van der Waals surface area contributed by atoms with Gasteiger partial charge in [-0.1, -0.05) is 29.8 Å². The van der Waals surface area contributed by atoms with Crippen LogP contribution in [0, 0.1) is 12.7 Å². The predicted octanol–water partition coefficient (Wildman–Crippen LogP) is 2.78. The lowest BCUT2D eigenvalue weighted by Crippen LogP contribution is -2.27. The number of benzene rings is 2. The van der Waals surface area contributed by atoms with Crippen LogP contribution in [0.15, 0.2) is 48.5 Å². The van der Waals surface area contributed by atoms with Crippen molar-refractivity contribution >= 4 is 17.5 Å².